The molecule has 2 amide bonds. The molecular weight excluding hydrogens is 290 g/mol. The van der Waals surface area contributed by atoms with Gasteiger partial charge in [0.25, 0.3) is 0 Å². The van der Waals surface area contributed by atoms with Gasteiger partial charge >= 0.3 is 0 Å². The maximum Gasteiger partial charge on any atom is 0.223 e. The zero-order valence-corrected chi connectivity index (χ0v) is 14.7. The van der Waals surface area contributed by atoms with E-state index in [0.29, 0.717) is 24.2 Å². The molecule has 3 rings (SSSR count). The van der Waals surface area contributed by atoms with Crippen molar-refractivity contribution in [2.45, 2.75) is 56.9 Å². The fourth-order valence-electron chi connectivity index (χ4n) is 4.18. The number of carbonyl (C=O) groups is 2. The van der Waals surface area contributed by atoms with Crippen molar-refractivity contribution >= 4 is 11.8 Å². The van der Waals surface area contributed by atoms with Gasteiger partial charge in [0.2, 0.25) is 11.8 Å². The van der Waals surface area contributed by atoms with Crippen molar-refractivity contribution in [3.05, 3.63) is 0 Å². The number of amides is 2. The summed E-state index contributed by atoms with van der Waals surface area (Å²) in [5, 5.41) is 0. The Hall–Kier alpha value is -1.10. The molecule has 0 aromatic carbocycles. The van der Waals surface area contributed by atoms with Gasteiger partial charge in [-0.05, 0) is 58.5 Å². The van der Waals surface area contributed by atoms with E-state index in [-0.39, 0.29) is 5.54 Å². The van der Waals surface area contributed by atoms with Crippen LogP contribution in [0.25, 0.3) is 0 Å². The van der Waals surface area contributed by atoms with E-state index in [1.165, 1.54) is 12.8 Å². The van der Waals surface area contributed by atoms with E-state index in [1.807, 2.05) is 0 Å². The van der Waals surface area contributed by atoms with Crippen LogP contribution in [0.5, 0.6) is 0 Å². The molecule has 0 bridgehead atoms. The third kappa shape index (κ3) is 3.87. The highest BCUT2D eigenvalue weighted by Crippen LogP contribution is 2.39. The summed E-state index contributed by atoms with van der Waals surface area (Å²) in [5.74, 6) is 1.31. The van der Waals surface area contributed by atoms with Crippen LogP contribution in [0.1, 0.15) is 51.4 Å². The highest BCUT2D eigenvalue weighted by Gasteiger charge is 2.45. The first-order valence-electron chi connectivity index (χ1n) is 9.23. The highest BCUT2D eigenvalue weighted by atomic mass is 16.2. The summed E-state index contributed by atoms with van der Waals surface area (Å²) in [4.78, 5) is 31.1. The summed E-state index contributed by atoms with van der Waals surface area (Å²) in [6, 6.07) is 0. The standard InChI is InChI=1S/C18H31N3O2/c1-19(2)12-13-21-16(22)6-8-18(21)7-3-10-20(11-9-18)17(23)14-15-4-5-15/h15H,3-14H2,1-2H3/t18-/m1/s1. The van der Waals surface area contributed by atoms with E-state index in [0.717, 1.165) is 58.3 Å². The Bertz CT molecular complexity index is 461. The number of carbonyl (C=O) groups excluding carboxylic acids is 2. The van der Waals surface area contributed by atoms with Crippen molar-refractivity contribution in [3.63, 3.8) is 0 Å². The van der Waals surface area contributed by atoms with Gasteiger partial charge in [-0.25, -0.2) is 0 Å². The lowest BCUT2D eigenvalue weighted by Crippen LogP contribution is -2.49. The quantitative estimate of drug-likeness (QED) is 0.774. The minimum absolute atomic E-state index is 0.0156. The fourth-order valence-corrected chi connectivity index (χ4v) is 4.18. The zero-order valence-electron chi connectivity index (χ0n) is 14.7. The molecule has 2 saturated heterocycles. The fraction of sp³-hybridized carbons (Fsp3) is 0.889. The lowest BCUT2D eigenvalue weighted by molar-refractivity contribution is -0.132. The molecule has 1 atom stereocenters. The van der Waals surface area contributed by atoms with Gasteiger partial charge in [0, 0.05) is 44.6 Å². The molecule has 0 aromatic heterocycles. The molecule has 0 aromatic rings. The number of hydrogen-bond donors (Lipinski definition) is 0. The molecule has 5 heteroatoms. The first-order valence-corrected chi connectivity index (χ1v) is 9.23. The van der Waals surface area contributed by atoms with E-state index in [9.17, 15) is 9.59 Å². The largest absolute Gasteiger partial charge is 0.343 e. The van der Waals surface area contributed by atoms with Crippen LogP contribution < -0.4 is 0 Å². The van der Waals surface area contributed by atoms with Gasteiger partial charge < -0.3 is 14.7 Å². The van der Waals surface area contributed by atoms with Crippen molar-refractivity contribution < 1.29 is 9.59 Å². The number of likely N-dealkylation sites (N-methyl/N-ethyl adjacent to an activating group) is 1. The van der Waals surface area contributed by atoms with E-state index in [1.54, 1.807) is 0 Å². The number of hydrogen-bond acceptors (Lipinski definition) is 3. The molecule has 5 nitrogen and oxygen atoms in total. The molecule has 0 N–H and O–H groups in total. The highest BCUT2D eigenvalue weighted by molar-refractivity contribution is 5.80. The van der Waals surface area contributed by atoms with Crippen molar-refractivity contribution in [1.82, 2.24) is 14.7 Å². The summed E-state index contributed by atoms with van der Waals surface area (Å²) >= 11 is 0. The first kappa shape index (κ1) is 16.7. The Morgan fingerprint density at radius 1 is 1.22 bits per heavy atom. The normalized spacial score (nSPS) is 28.7. The SMILES string of the molecule is CN(C)CCN1C(=O)CC[C@@]12CCCN(C(=O)CC1CC1)CC2. The van der Waals surface area contributed by atoms with E-state index in [2.05, 4.69) is 28.8 Å². The maximum absolute atomic E-state index is 12.4. The molecule has 0 unspecified atom stereocenters. The van der Waals surface area contributed by atoms with Crippen LogP contribution in [0.4, 0.5) is 0 Å². The van der Waals surface area contributed by atoms with Crippen LogP contribution >= 0.6 is 0 Å². The zero-order chi connectivity index (χ0) is 16.4. The summed E-state index contributed by atoms with van der Waals surface area (Å²) in [7, 11) is 4.11. The van der Waals surface area contributed by atoms with E-state index in [4.69, 9.17) is 0 Å². The molecule has 3 fully saturated rings. The van der Waals surface area contributed by atoms with Crippen molar-refractivity contribution in [2.75, 3.05) is 40.3 Å². The Morgan fingerprint density at radius 2 is 2.00 bits per heavy atom. The van der Waals surface area contributed by atoms with Gasteiger partial charge in [0.15, 0.2) is 0 Å². The van der Waals surface area contributed by atoms with Crippen molar-refractivity contribution in [2.24, 2.45) is 5.92 Å². The number of likely N-dealkylation sites (tertiary alicyclic amines) is 2. The number of nitrogens with zero attached hydrogens (tertiary/aromatic N) is 3. The molecule has 1 saturated carbocycles. The molecular formula is C18H31N3O2. The van der Waals surface area contributed by atoms with Gasteiger partial charge in [0.05, 0.1) is 0 Å². The lowest BCUT2D eigenvalue weighted by atomic mass is 9.87. The van der Waals surface area contributed by atoms with Crippen LogP contribution in [0.3, 0.4) is 0 Å². The van der Waals surface area contributed by atoms with E-state index < -0.39 is 0 Å². The predicted molar refractivity (Wildman–Crippen MR) is 90.0 cm³/mol. The third-order valence-corrected chi connectivity index (χ3v) is 5.88. The molecule has 1 aliphatic carbocycles. The molecule has 1 spiro atoms. The Kier molecular flexibility index (Phi) is 4.95. The molecule has 130 valence electrons. The van der Waals surface area contributed by atoms with Crippen LogP contribution in [0, 0.1) is 5.92 Å². The van der Waals surface area contributed by atoms with E-state index >= 15 is 0 Å². The summed E-state index contributed by atoms with van der Waals surface area (Å²) in [5.41, 5.74) is 0.0156. The predicted octanol–water partition coefficient (Wildman–Crippen LogP) is 1.72. The van der Waals surface area contributed by atoms with Gasteiger partial charge in [-0.15, -0.1) is 0 Å². The van der Waals surface area contributed by atoms with Gasteiger partial charge in [-0.2, -0.15) is 0 Å². The van der Waals surface area contributed by atoms with Crippen molar-refractivity contribution in [3.8, 4) is 0 Å². The Balaban J connectivity index is 1.62. The second kappa shape index (κ2) is 6.80. The van der Waals surface area contributed by atoms with Gasteiger partial charge in [-0.3, -0.25) is 9.59 Å². The first-order chi connectivity index (χ1) is 11.0. The van der Waals surface area contributed by atoms with Gasteiger partial charge in [-0.1, -0.05) is 0 Å². The molecule has 23 heavy (non-hydrogen) atoms. The minimum atomic E-state index is 0.0156. The second-order valence-corrected chi connectivity index (χ2v) is 7.95. The molecule has 0 radical (unpaired) electrons. The average molecular weight is 321 g/mol. The molecule has 2 aliphatic heterocycles. The summed E-state index contributed by atoms with van der Waals surface area (Å²) < 4.78 is 0. The minimum Gasteiger partial charge on any atom is -0.343 e. The van der Waals surface area contributed by atoms with Crippen LogP contribution in [-0.4, -0.2) is 72.3 Å². The Morgan fingerprint density at radius 3 is 2.70 bits per heavy atom. The topological polar surface area (TPSA) is 43.9 Å². The number of rotatable bonds is 5. The second-order valence-electron chi connectivity index (χ2n) is 7.95. The van der Waals surface area contributed by atoms with Crippen LogP contribution in [0.2, 0.25) is 0 Å². The monoisotopic (exact) mass is 321 g/mol. The summed E-state index contributed by atoms with van der Waals surface area (Å²) in [6.07, 6.45) is 7.92. The summed E-state index contributed by atoms with van der Waals surface area (Å²) in [6.45, 7) is 3.44. The lowest BCUT2D eigenvalue weighted by Gasteiger charge is -2.38. The molecule has 3 aliphatic rings. The van der Waals surface area contributed by atoms with Crippen LogP contribution in [0.15, 0.2) is 0 Å². The Labute approximate surface area is 140 Å². The van der Waals surface area contributed by atoms with Crippen molar-refractivity contribution in [1.29, 1.82) is 0 Å². The average Bonchev–Trinajstić information content (AvgIpc) is 3.27. The van der Waals surface area contributed by atoms with Crippen LogP contribution in [-0.2, 0) is 9.59 Å². The maximum atomic E-state index is 12.4. The third-order valence-electron chi connectivity index (χ3n) is 5.88. The molecule has 2 heterocycles. The smallest absolute Gasteiger partial charge is 0.223 e. The van der Waals surface area contributed by atoms with Gasteiger partial charge in [0.1, 0.15) is 0 Å².